The van der Waals surface area contributed by atoms with E-state index in [1.807, 2.05) is 0 Å². The van der Waals surface area contributed by atoms with Crippen LogP contribution >= 0.6 is 0 Å². The molecule has 3 amide bonds. The molecule has 35 heavy (non-hydrogen) atoms. The van der Waals surface area contributed by atoms with Gasteiger partial charge in [-0.25, -0.2) is 4.39 Å². The summed E-state index contributed by atoms with van der Waals surface area (Å²) in [6, 6.07) is 7.68. The van der Waals surface area contributed by atoms with Gasteiger partial charge in [0.15, 0.2) is 5.82 Å². The molecule has 1 aromatic carbocycles. The second-order valence-electron chi connectivity index (χ2n) is 8.55. The van der Waals surface area contributed by atoms with E-state index in [9.17, 15) is 23.6 Å². The summed E-state index contributed by atoms with van der Waals surface area (Å²) in [7, 11) is 0. The predicted octanol–water partition coefficient (Wildman–Crippen LogP) is 2.22. The fourth-order valence-corrected chi connectivity index (χ4v) is 4.59. The minimum Gasteiger partial charge on any atom is -0.473 e. The van der Waals surface area contributed by atoms with Gasteiger partial charge in [0, 0.05) is 38.6 Å². The fraction of sp³-hybridized carbons (Fsp3) is 0.400. The molecular weight excluding hydrogens is 532 g/mol. The molecule has 0 bridgehead atoms. The van der Waals surface area contributed by atoms with Gasteiger partial charge in [0.1, 0.15) is 0 Å². The van der Waals surface area contributed by atoms with Crippen LogP contribution in [0.15, 0.2) is 36.5 Å². The molecule has 2 fully saturated rings. The number of nitrogens with zero attached hydrogens (tertiary/aromatic N) is 4. The molecule has 181 valence electrons. The molecule has 10 heteroatoms. The van der Waals surface area contributed by atoms with Crippen molar-refractivity contribution in [2.24, 2.45) is 5.92 Å². The Morgan fingerprint density at radius 2 is 1.71 bits per heavy atom. The Bertz CT molecular complexity index is 1080. The molecule has 0 spiro atoms. The number of amides is 3. The van der Waals surface area contributed by atoms with Crippen LogP contribution in [0.2, 0.25) is 0 Å². The van der Waals surface area contributed by atoms with E-state index in [-0.39, 0.29) is 63.3 Å². The molecule has 2 aromatic rings. The summed E-state index contributed by atoms with van der Waals surface area (Å²) in [6.45, 7) is 1.39. The molecule has 1 aromatic heterocycles. The standard InChI is InChI=1S/C25H25FN4O4.Nb/c26-22-14-27-20(15-30(17-32)23-8-4-3-7-19(23)16-31)13-21(22)25(34)29-11-9-28(10-12-29)24(33)18-5-1-2-6-18;/h3-4,7-8,13-14,18H,1-2,5-6,9-12,15H2;/q-2;+2. The van der Waals surface area contributed by atoms with Gasteiger partial charge in [0.25, 0.3) is 5.91 Å². The van der Waals surface area contributed by atoms with Crippen LogP contribution in [-0.2, 0) is 43.3 Å². The number of pyridine rings is 1. The van der Waals surface area contributed by atoms with E-state index < -0.39 is 11.7 Å². The largest absolute Gasteiger partial charge is 2.00 e. The smallest absolute Gasteiger partial charge is 0.473 e. The number of piperazine rings is 1. The number of rotatable bonds is 7. The summed E-state index contributed by atoms with van der Waals surface area (Å²) in [5.41, 5.74) is 0.578. The molecule has 0 unspecified atom stereocenters. The SMILES string of the molecule is O=[C-]c1ccccc1N([C-]=O)Cc1cc(C(=O)N2CCN(C(=O)C3CCCC3)CC2)c(F)cn1.[Nb+2]. The van der Waals surface area contributed by atoms with E-state index in [0.29, 0.717) is 26.2 Å². The second-order valence-corrected chi connectivity index (χ2v) is 8.55. The van der Waals surface area contributed by atoms with Crippen LogP contribution in [0.1, 0.15) is 47.3 Å². The van der Waals surface area contributed by atoms with E-state index >= 15 is 0 Å². The van der Waals surface area contributed by atoms with Crippen molar-refractivity contribution in [2.45, 2.75) is 32.2 Å². The third-order valence-corrected chi connectivity index (χ3v) is 6.46. The maximum absolute atomic E-state index is 14.5. The van der Waals surface area contributed by atoms with Crippen LogP contribution in [0, 0.1) is 11.7 Å². The third kappa shape index (κ3) is 6.04. The Morgan fingerprint density at radius 3 is 2.37 bits per heavy atom. The van der Waals surface area contributed by atoms with Gasteiger partial charge in [-0.1, -0.05) is 18.9 Å². The first kappa shape index (κ1) is 26.7. The van der Waals surface area contributed by atoms with E-state index in [1.54, 1.807) is 35.8 Å². The van der Waals surface area contributed by atoms with E-state index in [4.69, 9.17) is 0 Å². The summed E-state index contributed by atoms with van der Waals surface area (Å²) < 4.78 is 14.5. The van der Waals surface area contributed by atoms with Crippen LogP contribution in [0.4, 0.5) is 10.1 Å². The quantitative estimate of drug-likeness (QED) is 0.296. The average Bonchev–Trinajstić information content (AvgIpc) is 3.42. The molecule has 4 rings (SSSR count). The van der Waals surface area contributed by atoms with Crippen molar-refractivity contribution in [3.63, 3.8) is 0 Å². The number of hydrogen-bond donors (Lipinski definition) is 0. The molecule has 1 saturated carbocycles. The number of anilines is 1. The van der Waals surface area contributed by atoms with Gasteiger partial charge in [0.2, 0.25) is 5.91 Å². The Balaban J connectivity index is 0.00000342. The molecule has 0 atom stereocenters. The van der Waals surface area contributed by atoms with E-state index in [1.165, 1.54) is 17.0 Å². The van der Waals surface area contributed by atoms with Crippen molar-refractivity contribution in [3.05, 3.63) is 59.2 Å². The number of carbonyl (C=O) groups is 2. The second kappa shape index (κ2) is 12.2. The molecule has 1 saturated heterocycles. The van der Waals surface area contributed by atoms with Crippen molar-refractivity contribution >= 4 is 30.2 Å². The van der Waals surface area contributed by atoms with Gasteiger partial charge < -0.3 is 24.3 Å². The van der Waals surface area contributed by atoms with E-state index in [2.05, 4.69) is 4.98 Å². The maximum atomic E-state index is 14.5. The van der Waals surface area contributed by atoms with E-state index in [0.717, 1.165) is 36.8 Å². The molecule has 1 aliphatic heterocycles. The first-order chi connectivity index (χ1) is 16.5. The molecule has 1 aliphatic carbocycles. The minimum atomic E-state index is -0.763. The zero-order valence-electron chi connectivity index (χ0n) is 19.2. The maximum Gasteiger partial charge on any atom is 2.00 e. The summed E-state index contributed by atoms with van der Waals surface area (Å²) in [6.07, 6.45) is 8.47. The predicted molar refractivity (Wildman–Crippen MR) is 122 cm³/mol. The van der Waals surface area contributed by atoms with Gasteiger partial charge in [-0.15, -0.1) is 17.8 Å². The fourth-order valence-electron chi connectivity index (χ4n) is 4.59. The number of para-hydroxylation sites is 1. The molecule has 0 N–H and O–H groups in total. The first-order valence-electron chi connectivity index (χ1n) is 11.4. The van der Waals surface area contributed by atoms with Gasteiger partial charge in [-0.2, -0.15) is 11.6 Å². The van der Waals surface area contributed by atoms with Gasteiger partial charge in [0.05, 0.1) is 30.2 Å². The first-order valence-corrected chi connectivity index (χ1v) is 11.4. The van der Waals surface area contributed by atoms with Crippen molar-refractivity contribution in [2.75, 3.05) is 31.1 Å². The van der Waals surface area contributed by atoms with Crippen LogP contribution in [0.3, 0.4) is 0 Å². The summed E-state index contributed by atoms with van der Waals surface area (Å²) in [4.78, 5) is 56.9. The third-order valence-electron chi connectivity index (χ3n) is 6.46. The van der Waals surface area contributed by atoms with Crippen LogP contribution in [-0.4, -0.2) is 65.5 Å². The number of halogens is 1. The number of carbonyl (C=O) groups excluding carboxylic acids is 4. The zero-order chi connectivity index (χ0) is 24.1. The Kier molecular flexibility index (Phi) is 9.31. The number of aromatic nitrogens is 1. The van der Waals surface area contributed by atoms with Crippen molar-refractivity contribution < 1.29 is 45.9 Å². The number of benzene rings is 1. The summed E-state index contributed by atoms with van der Waals surface area (Å²) in [5, 5.41) is 0. The summed E-state index contributed by atoms with van der Waals surface area (Å²) >= 11 is 0. The van der Waals surface area contributed by atoms with Crippen LogP contribution in [0.5, 0.6) is 0 Å². The van der Waals surface area contributed by atoms with Gasteiger partial charge >= 0.3 is 22.4 Å². The van der Waals surface area contributed by atoms with Gasteiger partial charge in [-0.3, -0.25) is 14.6 Å². The topological polar surface area (TPSA) is 90.9 Å². The molecule has 2 heterocycles. The summed E-state index contributed by atoms with van der Waals surface area (Å²) in [5.74, 6) is -1.01. The van der Waals surface area contributed by atoms with Crippen LogP contribution in [0.25, 0.3) is 0 Å². The number of hydrogen-bond acceptors (Lipinski definition) is 5. The molecular formula is C25H25FN4NbO4. The Morgan fingerprint density at radius 1 is 1.06 bits per heavy atom. The van der Waals surface area contributed by atoms with Crippen molar-refractivity contribution in [1.29, 1.82) is 0 Å². The molecule has 8 nitrogen and oxygen atoms in total. The monoisotopic (exact) mass is 557 g/mol. The minimum absolute atomic E-state index is 0. The molecule has 1 radical (unpaired) electrons. The molecule has 2 aliphatic rings. The van der Waals surface area contributed by atoms with Crippen LogP contribution < -0.4 is 4.90 Å². The van der Waals surface area contributed by atoms with Crippen molar-refractivity contribution in [3.8, 4) is 0 Å². The normalized spacial score (nSPS) is 15.9. The van der Waals surface area contributed by atoms with Crippen molar-refractivity contribution in [1.82, 2.24) is 14.8 Å². The van der Waals surface area contributed by atoms with Gasteiger partial charge in [-0.05, 0) is 18.9 Å². The zero-order valence-corrected chi connectivity index (χ0v) is 21.4. The Labute approximate surface area is 219 Å². The average molecular weight is 557 g/mol. The Hall–Kier alpha value is -2.88.